The number of nitrogens with one attached hydrogen (secondary N) is 1. The van der Waals surface area contributed by atoms with Crippen LogP contribution >= 0.6 is 7.75 Å². The first-order valence-electron chi connectivity index (χ1n) is 6.34. The van der Waals surface area contributed by atoms with Crippen molar-refractivity contribution in [1.29, 1.82) is 0 Å². The molecule has 0 aliphatic carbocycles. The highest BCUT2D eigenvalue weighted by Crippen LogP contribution is 2.49. The van der Waals surface area contributed by atoms with Gasteiger partial charge in [-0.1, -0.05) is 30.3 Å². The first-order chi connectivity index (χ1) is 9.66. The van der Waals surface area contributed by atoms with Gasteiger partial charge in [-0.15, -0.1) is 0 Å². The van der Waals surface area contributed by atoms with E-state index in [-0.39, 0.29) is 6.61 Å². The van der Waals surface area contributed by atoms with E-state index < -0.39 is 26.4 Å². The molecule has 2 saturated heterocycles. The zero-order valence-corrected chi connectivity index (χ0v) is 11.6. The number of ether oxygens (including phenoxy) is 2. The number of benzene rings is 1. The highest BCUT2D eigenvalue weighted by atomic mass is 31.2. The van der Waals surface area contributed by atoms with Crippen molar-refractivity contribution in [3.8, 4) is 0 Å². The monoisotopic (exact) mass is 301 g/mol. The number of hydrogen-bond donors (Lipinski definition) is 2. The molecule has 1 aromatic rings. The number of aliphatic hydroxyl groups is 1. The molecule has 2 heterocycles. The number of hydrogen-bond acceptors (Lipinski definition) is 6. The average molecular weight is 301 g/mol. The lowest BCUT2D eigenvalue weighted by molar-refractivity contribution is -0.305. The SMILES string of the molecule is O=P1(OC2OC(c3ccccc3)OCC2O)NCCO1. The molecule has 2 aliphatic rings. The molecular weight excluding hydrogens is 285 g/mol. The van der Waals surface area contributed by atoms with Gasteiger partial charge in [0.05, 0.1) is 13.2 Å². The molecule has 0 spiro atoms. The fourth-order valence-electron chi connectivity index (χ4n) is 1.99. The third kappa shape index (κ3) is 3.10. The van der Waals surface area contributed by atoms with Gasteiger partial charge in [0, 0.05) is 12.1 Å². The number of rotatable bonds is 3. The minimum absolute atomic E-state index is 0.0320. The normalized spacial score (nSPS) is 38.0. The Morgan fingerprint density at radius 2 is 2.15 bits per heavy atom. The van der Waals surface area contributed by atoms with E-state index in [0.29, 0.717) is 13.2 Å². The van der Waals surface area contributed by atoms with Crippen molar-refractivity contribution in [2.75, 3.05) is 19.8 Å². The van der Waals surface area contributed by atoms with Crippen LogP contribution in [-0.4, -0.2) is 37.3 Å². The van der Waals surface area contributed by atoms with Crippen molar-refractivity contribution >= 4 is 7.75 Å². The Kier molecular flexibility index (Phi) is 4.18. The van der Waals surface area contributed by atoms with Crippen molar-refractivity contribution in [3.05, 3.63) is 35.9 Å². The predicted molar refractivity (Wildman–Crippen MR) is 68.7 cm³/mol. The summed E-state index contributed by atoms with van der Waals surface area (Å²) in [5.74, 6) is 0. The molecule has 2 aliphatic heterocycles. The largest absolute Gasteiger partial charge is 0.408 e. The van der Waals surface area contributed by atoms with Crippen LogP contribution in [0.5, 0.6) is 0 Å². The number of aliphatic hydroxyl groups excluding tert-OH is 1. The van der Waals surface area contributed by atoms with E-state index in [9.17, 15) is 9.67 Å². The molecule has 8 heteroatoms. The molecule has 7 nitrogen and oxygen atoms in total. The summed E-state index contributed by atoms with van der Waals surface area (Å²) in [6.45, 7) is 0.779. The van der Waals surface area contributed by atoms with E-state index in [2.05, 4.69) is 5.09 Å². The molecule has 2 N–H and O–H groups in total. The molecule has 1 aromatic carbocycles. The third-order valence-corrected chi connectivity index (χ3v) is 4.59. The zero-order chi connectivity index (χ0) is 14.0. The molecule has 0 bridgehead atoms. The lowest BCUT2D eigenvalue weighted by atomic mass is 10.2. The van der Waals surface area contributed by atoms with Gasteiger partial charge in [-0.05, 0) is 0 Å². The predicted octanol–water partition coefficient (Wildman–Crippen LogP) is 1.16. The molecule has 0 radical (unpaired) electrons. The van der Waals surface area contributed by atoms with Crippen LogP contribution in [0.4, 0.5) is 0 Å². The summed E-state index contributed by atoms with van der Waals surface area (Å²) in [4.78, 5) is 0. The Labute approximate surface area is 116 Å². The Balaban J connectivity index is 1.69. The van der Waals surface area contributed by atoms with Crippen LogP contribution < -0.4 is 5.09 Å². The second-order valence-corrected chi connectivity index (χ2v) is 6.27. The molecule has 110 valence electrons. The van der Waals surface area contributed by atoms with Crippen LogP contribution in [0.3, 0.4) is 0 Å². The van der Waals surface area contributed by atoms with E-state index in [4.69, 9.17) is 18.5 Å². The van der Waals surface area contributed by atoms with Crippen LogP contribution in [0, 0.1) is 0 Å². The summed E-state index contributed by atoms with van der Waals surface area (Å²) >= 11 is 0. The standard InChI is InChI=1S/C12H16NO6P/c14-10-8-16-11(9-4-2-1-3-5-9)18-12(10)19-20(15)13-6-7-17-20/h1-5,10-12,14H,6-8H2,(H,13,15). The molecule has 20 heavy (non-hydrogen) atoms. The second kappa shape index (κ2) is 5.91. The summed E-state index contributed by atoms with van der Waals surface area (Å²) in [5, 5.41) is 12.5. The molecule has 0 aromatic heterocycles. The van der Waals surface area contributed by atoms with Crippen molar-refractivity contribution in [2.24, 2.45) is 0 Å². The van der Waals surface area contributed by atoms with Gasteiger partial charge in [0.25, 0.3) is 0 Å². The highest BCUT2D eigenvalue weighted by molar-refractivity contribution is 7.51. The second-order valence-electron chi connectivity index (χ2n) is 4.49. The molecule has 0 amide bonds. The van der Waals surface area contributed by atoms with Crippen LogP contribution in [0.25, 0.3) is 0 Å². The van der Waals surface area contributed by atoms with Gasteiger partial charge in [-0.2, -0.15) is 0 Å². The minimum Gasteiger partial charge on any atom is -0.385 e. The van der Waals surface area contributed by atoms with Crippen molar-refractivity contribution in [3.63, 3.8) is 0 Å². The summed E-state index contributed by atoms with van der Waals surface area (Å²) in [6.07, 6.45) is -2.75. The van der Waals surface area contributed by atoms with Gasteiger partial charge >= 0.3 is 7.75 Å². The molecule has 3 rings (SSSR count). The molecule has 4 atom stereocenters. The maximum absolute atomic E-state index is 12.1. The molecule has 4 unspecified atom stereocenters. The smallest absolute Gasteiger partial charge is 0.385 e. The van der Waals surface area contributed by atoms with Gasteiger partial charge in [-0.25, -0.2) is 9.65 Å². The van der Waals surface area contributed by atoms with Crippen molar-refractivity contribution < 1.29 is 28.2 Å². The van der Waals surface area contributed by atoms with Crippen molar-refractivity contribution in [2.45, 2.75) is 18.7 Å². The quantitative estimate of drug-likeness (QED) is 0.810. The highest BCUT2D eigenvalue weighted by Gasteiger charge is 2.40. The van der Waals surface area contributed by atoms with E-state index in [1.54, 1.807) is 0 Å². The van der Waals surface area contributed by atoms with Gasteiger partial charge in [0.1, 0.15) is 6.10 Å². The molecular formula is C12H16NO6P. The molecule has 2 fully saturated rings. The van der Waals surface area contributed by atoms with Crippen LogP contribution in [-0.2, 0) is 23.1 Å². The first kappa shape index (κ1) is 14.2. The van der Waals surface area contributed by atoms with Crippen molar-refractivity contribution in [1.82, 2.24) is 5.09 Å². The van der Waals surface area contributed by atoms with Gasteiger partial charge in [0.15, 0.2) is 12.6 Å². The summed E-state index contributed by atoms with van der Waals surface area (Å²) < 4.78 is 33.3. The van der Waals surface area contributed by atoms with E-state index in [1.165, 1.54) is 0 Å². The van der Waals surface area contributed by atoms with Gasteiger partial charge in [0.2, 0.25) is 0 Å². The lowest BCUT2D eigenvalue weighted by Crippen LogP contribution is -2.42. The average Bonchev–Trinajstić information content (AvgIpc) is 2.89. The van der Waals surface area contributed by atoms with Crippen LogP contribution in [0.15, 0.2) is 30.3 Å². The summed E-state index contributed by atoms with van der Waals surface area (Å²) in [5.41, 5.74) is 0.798. The summed E-state index contributed by atoms with van der Waals surface area (Å²) in [7, 11) is -3.38. The maximum Gasteiger partial charge on any atom is 0.408 e. The van der Waals surface area contributed by atoms with E-state index >= 15 is 0 Å². The lowest BCUT2D eigenvalue weighted by Gasteiger charge is -2.34. The van der Waals surface area contributed by atoms with Crippen LogP contribution in [0.2, 0.25) is 0 Å². The fourth-order valence-corrected chi connectivity index (χ4v) is 3.38. The summed E-state index contributed by atoms with van der Waals surface area (Å²) in [6, 6.07) is 9.26. The molecule has 0 saturated carbocycles. The van der Waals surface area contributed by atoms with Crippen LogP contribution in [0.1, 0.15) is 11.9 Å². The maximum atomic E-state index is 12.1. The Morgan fingerprint density at radius 1 is 1.35 bits per heavy atom. The van der Waals surface area contributed by atoms with E-state index in [0.717, 1.165) is 5.56 Å². The topological polar surface area (TPSA) is 86.3 Å². The Morgan fingerprint density at radius 3 is 2.85 bits per heavy atom. The zero-order valence-electron chi connectivity index (χ0n) is 10.7. The van der Waals surface area contributed by atoms with Gasteiger partial charge in [-0.3, -0.25) is 9.05 Å². The Bertz CT molecular complexity index is 488. The Hall–Kier alpha value is -0.790. The fraction of sp³-hybridized carbons (Fsp3) is 0.500. The minimum atomic E-state index is -3.38. The van der Waals surface area contributed by atoms with Gasteiger partial charge < -0.3 is 14.6 Å². The third-order valence-electron chi connectivity index (χ3n) is 2.97. The first-order valence-corrected chi connectivity index (χ1v) is 7.89. The van der Waals surface area contributed by atoms with E-state index in [1.807, 2.05) is 30.3 Å².